The number of nitro groups is 1. The van der Waals surface area contributed by atoms with E-state index >= 15 is 0 Å². The molecule has 1 rings (SSSR count). The Labute approximate surface area is 87.6 Å². The van der Waals surface area contributed by atoms with Gasteiger partial charge in [-0.05, 0) is 11.6 Å². The molecule has 0 aliphatic heterocycles. The van der Waals surface area contributed by atoms with Gasteiger partial charge in [-0.25, -0.2) is 0 Å². The van der Waals surface area contributed by atoms with Gasteiger partial charge in [-0.3, -0.25) is 10.1 Å². The Balaban J connectivity index is 3.12. The van der Waals surface area contributed by atoms with Crippen LogP contribution in [0.1, 0.15) is 11.7 Å². The van der Waals surface area contributed by atoms with E-state index in [4.69, 9.17) is 0 Å². The van der Waals surface area contributed by atoms with E-state index in [9.17, 15) is 19.6 Å². The van der Waals surface area contributed by atoms with E-state index in [-0.39, 0.29) is 5.33 Å². The minimum Gasteiger partial charge on any atom is -0.388 e. The predicted molar refractivity (Wildman–Crippen MR) is 51.8 cm³/mol. The summed E-state index contributed by atoms with van der Waals surface area (Å²) in [5.74, 6) is -0.902. The first-order chi connectivity index (χ1) is 6.56. The first-order valence-electron chi connectivity index (χ1n) is 3.74. The molecule has 0 aliphatic carbocycles. The van der Waals surface area contributed by atoms with Crippen molar-refractivity contribution in [1.29, 1.82) is 0 Å². The third kappa shape index (κ3) is 2.27. The second-order valence-corrected chi connectivity index (χ2v) is 3.29. The number of hydrogen-bond donors (Lipinski definition) is 1. The van der Waals surface area contributed by atoms with Crippen molar-refractivity contribution in [3.8, 4) is 0 Å². The van der Waals surface area contributed by atoms with Crippen molar-refractivity contribution in [3.63, 3.8) is 0 Å². The van der Waals surface area contributed by atoms with Crippen LogP contribution in [0.4, 0.5) is 10.1 Å². The third-order valence-corrected chi connectivity index (χ3v) is 2.31. The Hall–Kier alpha value is -1.01. The Morgan fingerprint density at radius 3 is 2.79 bits per heavy atom. The Bertz CT molecular complexity index is 358. The maximum Gasteiger partial charge on any atom is 0.305 e. The van der Waals surface area contributed by atoms with Crippen molar-refractivity contribution < 1.29 is 14.4 Å². The summed E-state index contributed by atoms with van der Waals surface area (Å²) in [6.45, 7) is 0. The molecule has 14 heavy (non-hydrogen) atoms. The molecular weight excluding hydrogens is 257 g/mol. The summed E-state index contributed by atoms with van der Waals surface area (Å²) in [7, 11) is 0. The highest BCUT2D eigenvalue weighted by atomic mass is 79.9. The maximum absolute atomic E-state index is 12.9. The number of nitro benzene ring substituents is 1. The van der Waals surface area contributed by atoms with Crippen LogP contribution in [0.2, 0.25) is 0 Å². The van der Waals surface area contributed by atoms with Gasteiger partial charge in [-0.2, -0.15) is 4.39 Å². The van der Waals surface area contributed by atoms with Crippen LogP contribution in [0, 0.1) is 15.9 Å². The average Bonchev–Trinajstić information content (AvgIpc) is 2.17. The van der Waals surface area contributed by atoms with Gasteiger partial charge in [0.25, 0.3) is 0 Å². The number of aliphatic hydroxyl groups excluding tert-OH is 1. The van der Waals surface area contributed by atoms with Gasteiger partial charge in [0.2, 0.25) is 5.82 Å². The molecular formula is C8H7BrFNO3. The van der Waals surface area contributed by atoms with Gasteiger partial charge in [0.05, 0.1) is 11.0 Å². The molecule has 6 heteroatoms. The van der Waals surface area contributed by atoms with Gasteiger partial charge in [-0.1, -0.05) is 22.0 Å². The van der Waals surface area contributed by atoms with Crippen molar-refractivity contribution in [2.45, 2.75) is 6.10 Å². The van der Waals surface area contributed by atoms with E-state index in [2.05, 4.69) is 15.9 Å². The molecule has 1 aromatic carbocycles. The molecule has 0 heterocycles. The first-order valence-corrected chi connectivity index (χ1v) is 4.86. The van der Waals surface area contributed by atoms with Crippen molar-refractivity contribution in [2.75, 3.05) is 5.33 Å². The lowest BCUT2D eigenvalue weighted by atomic mass is 10.1. The third-order valence-electron chi connectivity index (χ3n) is 1.70. The first kappa shape index (κ1) is 11.1. The molecule has 0 radical (unpaired) electrons. The molecule has 0 saturated carbocycles. The topological polar surface area (TPSA) is 63.4 Å². The van der Waals surface area contributed by atoms with Crippen molar-refractivity contribution >= 4 is 21.6 Å². The largest absolute Gasteiger partial charge is 0.388 e. The van der Waals surface area contributed by atoms with Gasteiger partial charge in [-0.15, -0.1) is 0 Å². The minimum absolute atomic E-state index is 0.246. The smallest absolute Gasteiger partial charge is 0.305 e. The molecule has 0 bridgehead atoms. The molecule has 1 aromatic rings. The highest BCUT2D eigenvalue weighted by Crippen LogP contribution is 2.23. The number of halogens is 2. The normalized spacial score (nSPS) is 12.5. The van der Waals surface area contributed by atoms with Gasteiger partial charge < -0.3 is 5.11 Å². The van der Waals surface area contributed by atoms with Crippen molar-refractivity contribution in [2.24, 2.45) is 0 Å². The Morgan fingerprint density at radius 2 is 2.29 bits per heavy atom. The van der Waals surface area contributed by atoms with Gasteiger partial charge in [0.15, 0.2) is 0 Å². The zero-order chi connectivity index (χ0) is 10.7. The lowest BCUT2D eigenvalue weighted by molar-refractivity contribution is -0.387. The number of nitrogens with zero attached hydrogens (tertiary/aromatic N) is 1. The molecule has 4 nitrogen and oxygen atoms in total. The van der Waals surface area contributed by atoms with E-state index in [1.54, 1.807) is 0 Å². The quantitative estimate of drug-likeness (QED) is 0.517. The number of benzene rings is 1. The lowest BCUT2D eigenvalue weighted by Crippen LogP contribution is -2.00. The molecule has 0 fully saturated rings. The van der Waals surface area contributed by atoms with E-state index in [1.807, 2.05) is 0 Å². The minimum atomic E-state index is -0.902. The monoisotopic (exact) mass is 263 g/mol. The van der Waals surface area contributed by atoms with Gasteiger partial charge in [0.1, 0.15) is 0 Å². The van der Waals surface area contributed by atoms with E-state index < -0.39 is 22.5 Å². The molecule has 0 saturated heterocycles. The second-order valence-electron chi connectivity index (χ2n) is 2.64. The summed E-state index contributed by atoms with van der Waals surface area (Å²) in [5.41, 5.74) is -0.308. The fraction of sp³-hybridized carbons (Fsp3) is 0.250. The van der Waals surface area contributed by atoms with Crippen LogP contribution < -0.4 is 0 Å². The molecule has 0 spiro atoms. The van der Waals surface area contributed by atoms with Gasteiger partial charge in [0, 0.05) is 11.4 Å². The van der Waals surface area contributed by atoms with Crippen LogP contribution in [-0.2, 0) is 0 Å². The number of aliphatic hydroxyl groups is 1. The van der Waals surface area contributed by atoms with Crippen LogP contribution in [0.5, 0.6) is 0 Å². The molecule has 0 unspecified atom stereocenters. The fourth-order valence-electron chi connectivity index (χ4n) is 0.966. The van der Waals surface area contributed by atoms with Crippen LogP contribution in [-0.4, -0.2) is 15.4 Å². The summed E-state index contributed by atoms with van der Waals surface area (Å²) < 4.78 is 12.9. The van der Waals surface area contributed by atoms with Crippen LogP contribution in [0.15, 0.2) is 18.2 Å². The van der Waals surface area contributed by atoms with E-state index in [0.717, 1.165) is 12.1 Å². The highest BCUT2D eigenvalue weighted by molar-refractivity contribution is 9.09. The zero-order valence-electron chi connectivity index (χ0n) is 6.98. The van der Waals surface area contributed by atoms with Crippen LogP contribution in [0.25, 0.3) is 0 Å². The molecule has 0 aromatic heterocycles. The predicted octanol–water partition coefficient (Wildman–Crippen LogP) is 2.16. The van der Waals surface area contributed by atoms with E-state index in [1.165, 1.54) is 6.07 Å². The van der Waals surface area contributed by atoms with Gasteiger partial charge >= 0.3 is 5.69 Å². The fourth-order valence-corrected chi connectivity index (χ4v) is 1.34. The molecule has 1 atom stereocenters. The zero-order valence-corrected chi connectivity index (χ0v) is 8.57. The summed E-state index contributed by atoms with van der Waals surface area (Å²) in [6, 6.07) is 3.31. The Morgan fingerprint density at radius 1 is 1.64 bits per heavy atom. The van der Waals surface area contributed by atoms with Crippen molar-refractivity contribution in [1.82, 2.24) is 0 Å². The standard InChI is InChI=1S/C8H7BrFNO3/c9-4-8(12)5-1-2-6(10)7(3-5)11(13)14/h1-3,8,12H,4H2/t8-/m0/s1. The number of hydrogen-bond acceptors (Lipinski definition) is 3. The molecule has 1 N–H and O–H groups in total. The number of alkyl halides is 1. The summed E-state index contributed by atoms with van der Waals surface area (Å²) in [4.78, 5) is 9.54. The van der Waals surface area contributed by atoms with Crippen molar-refractivity contribution in [3.05, 3.63) is 39.7 Å². The summed E-state index contributed by atoms with van der Waals surface area (Å²) >= 11 is 3.02. The maximum atomic E-state index is 12.9. The highest BCUT2D eigenvalue weighted by Gasteiger charge is 2.16. The molecule has 0 aliphatic rings. The second kappa shape index (κ2) is 4.47. The average molecular weight is 264 g/mol. The number of rotatable bonds is 3. The SMILES string of the molecule is O=[N+]([O-])c1cc([C@@H](O)CBr)ccc1F. The lowest BCUT2D eigenvalue weighted by Gasteiger charge is -2.06. The summed E-state index contributed by atoms with van der Waals surface area (Å²) in [5, 5.41) is 19.9. The van der Waals surface area contributed by atoms with Crippen LogP contribution in [0.3, 0.4) is 0 Å². The Kier molecular flexibility index (Phi) is 3.54. The molecule has 76 valence electrons. The summed E-state index contributed by atoms with van der Waals surface area (Å²) in [6.07, 6.45) is -0.866. The molecule has 0 amide bonds. The van der Waals surface area contributed by atoms with Crippen LogP contribution >= 0.6 is 15.9 Å². The van der Waals surface area contributed by atoms with E-state index in [0.29, 0.717) is 5.56 Å².